The van der Waals surface area contributed by atoms with Crippen molar-refractivity contribution >= 4 is 23.5 Å². The number of nitrogens with one attached hydrogen (secondary N) is 2. The second-order valence-corrected chi connectivity index (χ2v) is 6.77. The molecule has 0 saturated carbocycles. The highest BCUT2D eigenvalue weighted by Gasteiger charge is 2.35. The number of hydrogen-bond donors (Lipinski definition) is 2. The molecule has 0 radical (unpaired) electrons. The zero-order valence-corrected chi connectivity index (χ0v) is 15.1. The van der Waals surface area contributed by atoms with Crippen LogP contribution in [0.25, 0.3) is 0 Å². The topological polar surface area (TPSA) is 78.5 Å². The van der Waals surface area contributed by atoms with Crippen molar-refractivity contribution in [3.63, 3.8) is 0 Å². The summed E-state index contributed by atoms with van der Waals surface area (Å²) in [6, 6.07) is 10.2. The van der Waals surface area contributed by atoms with Gasteiger partial charge in [0, 0.05) is 24.3 Å². The summed E-state index contributed by atoms with van der Waals surface area (Å²) in [7, 11) is 0. The number of amides is 4. The van der Waals surface area contributed by atoms with Crippen LogP contribution in [0.1, 0.15) is 40.1 Å². The Kier molecular flexibility index (Phi) is 5.21. The molecule has 0 unspecified atom stereocenters. The number of hydrogen-bond acceptors (Lipinski definition) is 3. The molecule has 0 aromatic heterocycles. The Bertz CT molecular complexity index is 911. The lowest BCUT2D eigenvalue weighted by Gasteiger charge is -2.15. The molecule has 1 aliphatic rings. The lowest BCUT2D eigenvalue weighted by molar-refractivity contribution is 0.0636. The maximum Gasteiger partial charge on any atom is 0.319 e. The highest BCUT2D eigenvalue weighted by Crippen LogP contribution is 2.26. The Morgan fingerprint density at radius 1 is 1.07 bits per heavy atom. The summed E-state index contributed by atoms with van der Waals surface area (Å²) in [6.07, 6.45) is 0. The van der Waals surface area contributed by atoms with Crippen molar-refractivity contribution in [2.45, 2.75) is 20.4 Å². The van der Waals surface area contributed by atoms with Crippen LogP contribution in [0.15, 0.2) is 42.5 Å². The standard InChI is InChI=1S/C20H20FN3O3/c1-12(2)11-24-18(25)15-8-7-14(9-16(15)19(24)26)23-20(27)22-10-13-5-3-4-6-17(13)21/h3-9,12H,10-11H2,1-2H3,(H2,22,23,27). The largest absolute Gasteiger partial charge is 0.334 e. The highest BCUT2D eigenvalue weighted by molar-refractivity contribution is 6.21. The maximum absolute atomic E-state index is 13.6. The molecule has 0 spiro atoms. The van der Waals surface area contributed by atoms with E-state index in [2.05, 4.69) is 10.6 Å². The van der Waals surface area contributed by atoms with Crippen molar-refractivity contribution < 1.29 is 18.8 Å². The minimum Gasteiger partial charge on any atom is -0.334 e. The number of nitrogens with zero attached hydrogens (tertiary/aromatic N) is 1. The number of fused-ring (bicyclic) bond motifs is 1. The molecule has 0 atom stereocenters. The van der Waals surface area contributed by atoms with E-state index in [1.165, 1.54) is 23.1 Å². The van der Waals surface area contributed by atoms with Crippen LogP contribution in [-0.2, 0) is 6.54 Å². The van der Waals surface area contributed by atoms with Crippen LogP contribution in [0.2, 0.25) is 0 Å². The third kappa shape index (κ3) is 3.97. The molecule has 1 heterocycles. The van der Waals surface area contributed by atoms with Gasteiger partial charge in [-0.3, -0.25) is 14.5 Å². The Morgan fingerprint density at radius 3 is 2.48 bits per heavy atom. The minimum atomic E-state index is -0.533. The lowest BCUT2D eigenvalue weighted by atomic mass is 10.1. The number of carbonyl (C=O) groups is 3. The van der Waals surface area contributed by atoms with Gasteiger partial charge in [0.2, 0.25) is 0 Å². The smallest absolute Gasteiger partial charge is 0.319 e. The van der Waals surface area contributed by atoms with Gasteiger partial charge in [-0.25, -0.2) is 9.18 Å². The zero-order chi connectivity index (χ0) is 19.6. The fourth-order valence-electron chi connectivity index (χ4n) is 2.89. The van der Waals surface area contributed by atoms with Crippen molar-refractivity contribution in [3.05, 3.63) is 65.0 Å². The van der Waals surface area contributed by atoms with E-state index >= 15 is 0 Å². The van der Waals surface area contributed by atoms with Crippen LogP contribution in [-0.4, -0.2) is 29.3 Å². The van der Waals surface area contributed by atoms with Crippen molar-refractivity contribution in [1.82, 2.24) is 10.2 Å². The van der Waals surface area contributed by atoms with Crippen LogP contribution < -0.4 is 10.6 Å². The van der Waals surface area contributed by atoms with Gasteiger partial charge in [0.1, 0.15) is 5.82 Å². The van der Waals surface area contributed by atoms with E-state index in [0.717, 1.165) is 0 Å². The molecule has 27 heavy (non-hydrogen) atoms. The van der Waals surface area contributed by atoms with Crippen molar-refractivity contribution in [2.24, 2.45) is 5.92 Å². The van der Waals surface area contributed by atoms with E-state index in [0.29, 0.717) is 23.4 Å². The average Bonchev–Trinajstić information content (AvgIpc) is 2.85. The summed E-state index contributed by atoms with van der Waals surface area (Å²) in [4.78, 5) is 38.1. The lowest BCUT2D eigenvalue weighted by Crippen LogP contribution is -2.33. The molecule has 7 heteroatoms. The quantitative estimate of drug-likeness (QED) is 0.793. The SMILES string of the molecule is CC(C)CN1C(=O)c2ccc(NC(=O)NCc3ccccc3F)cc2C1=O. The molecule has 0 saturated heterocycles. The predicted molar refractivity (Wildman–Crippen MR) is 98.9 cm³/mol. The second-order valence-electron chi connectivity index (χ2n) is 6.77. The molecular weight excluding hydrogens is 349 g/mol. The molecular formula is C20H20FN3O3. The van der Waals surface area contributed by atoms with Gasteiger partial charge in [0.15, 0.2) is 0 Å². The first-order chi connectivity index (χ1) is 12.9. The Hall–Kier alpha value is -3.22. The summed E-state index contributed by atoms with van der Waals surface area (Å²) in [6.45, 7) is 4.23. The summed E-state index contributed by atoms with van der Waals surface area (Å²) >= 11 is 0. The number of anilines is 1. The summed E-state index contributed by atoms with van der Waals surface area (Å²) in [5.41, 5.74) is 1.35. The number of imide groups is 1. The third-order valence-electron chi connectivity index (χ3n) is 4.17. The summed E-state index contributed by atoms with van der Waals surface area (Å²) < 4.78 is 13.6. The van der Waals surface area contributed by atoms with Crippen molar-refractivity contribution in [2.75, 3.05) is 11.9 Å². The molecule has 0 fully saturated rings. The van der Waals surface area contributed by atoms with Crippen LogP contribution >= 0.6 is 0 Å². The molecule has 4 amide bonds. The highest BCUT2D eigenvalue weighted by atomic mass is 19.1. The van der Waals surface area contributed by atoms with E-state index in [1.807, 2.05) is 13.8 Å². The molecule has 0 bridgehead atoms. The van der Waals surface area contributed by atoms with E-state index in [1.54, 1.807) is 24.3 Å². The van der Waals surface area contributed by atoms with Gasteiger partial charge >= 0.3 is 6.03 Å². The molecule has 2 N–H and O–H groups in total. The van der Waals surface area contributed by atoms with Gasteiger partial charge in [-0.1, -0.05) is 32.0 Å². The first kappa shape index (κ1) is 18.6. The van der Waals surface area contributed by atoms with Gasteiger partial charge in [0.05, 0.1) is 11.1 Å². The molecule has 3 rings (SSSR count). The van der Waals surface area contributed by atoms with Gasteiger partial charge < -0.3 is 10.6 Å². The average molecular weight is 369 g/mol. The summed E-state index contributed by atoms with van der Waals surface area (Å²) in [5, 5.41) is 5.16. The predicted octanol–water partition coefficient (Wildman–Crippen LogP) is 3.40. The van der Waals surface area contributed by atoms with E-state index in [9.17, 15) is 18.8 Å². The molecule has 2 aromatic carbocycles. The van der Waals surface area contributed by atoms with E-state index < -0.39 is 11.8 Å². The van der Waals surface area contributed by atoms with Crippen LogP contribution in [0.3, 0.4) is 0 Å². The van der Waals surface area contributed by atoms with E-state index in [-0.39, 0.29) is 29.8 Å². The van der Waals surface area contributed by atoms with Crippen LogP contribution in [0.5, 0.6) is 0 Å². The third-order valence-corrected chi connectivity index (χ3v) is 4.17. The number of rotatable bonds is 5. The van der Waals surface area contributed by atoms with Crippen LogP contribution in [0, 0.1) is 11.7 Å². The molecule has 140 valence electrons. The molecule has 2 aromatic rings. The van der Waals surface area contributed by atoms with Crippen LogP contribution in [0.4, 0.5) is 14.9 Å². The monoisotopic (exact) mass is 369 g/mol. The Labute approximate surface area is 156 Å². The number of benzene rings is 2. The fraction of sp³-hybridized carbons (Fsp3) is 0.250. The Morgan fingerprint density at radius 2 is 1.78 bits per heavy atom. The molecule has 6 nitrogen and oxygen atoms in total. The molecule has 0 aliphatic carbocycles. The second kappa shape index (κ2) is 7.57. The normalized spacial score (nSPS) is 13.1. The van der Waals surface area contributed by atoms with Gasteiger partial charge in [0.25, 0.3) is 11.8 Å². The number of urea groups is 1. The first-order valence-corrected chi connectivity index (χ1v) is 8.65. The fourth-order valence-corrected chi connectivity index (χ4v) is 2.89. The summed E-state index contributed by atoms with van der Waals surface area (Å²) in [5.74, 6) is -0.919. The zero-order valence-electron chi connectivity index (χ0n) is 15.1. The number of halogens is 1. The minimum absolute atomic E-state index is 0.0308. The molecule has 1 aliphatic heterocycles. The maximum atomic E-state index is 13.6. The first-order valence-electron chi connectivity index (χ1n) is 8.65. The van der Waals surface area contributed by atoms with Crippen molar-refractivity contribution in [3.8, 4) is 0 Å². The van der Waals surface area contributed by atoms with Gasteiger partial charge in [-0.2, -0.15) is 0 Å². The Balaban J connectivity index is 1.67. The number of carbonyl (C=O) groups excluding carboxylic acids is 3. The van der Waals surface area contributed by atoms with Gasteiger partial charge in [-0.15, -0.1) is 0 Å². The van der Waals surface area contributed by atoms with E-state index in [4.69, 9.17) is 0 Å². The van der Waals surface area contributed by atoms with Gasteiger partial charge in [-0.05, 0) is 30.2 Å². The van der Waals surface area contributed by atoms with Crippen molar-refractivity contribution in [1.29, 1.82) is 0 Å².